The first-order chi connectivity index (χ1) is 10.2. The van der Waals surface area contributed by atoms with Crippen LogP contribution in [0.25, 0.3) is 0 Å². The topological polar surface area (TPSA) is 40.6 Å². The number of hydrogen-bond acceptors (Lipinski definition) is 4. The predicted molar refractivity (Wildman–Crippen MR) is 87.7 cm³/mol. The molecule has 120 valence electrons. The van der Waals surface area contributed by atoms with Gasteiger partial charge in [0.2, 0.25) is 0 Å². The van der Waals surface area contributed by atoms with Crippen LogP contribution in [0, 0.1) is 0 Å². The first-order valence-corrected chi connectivity index (χ1v) is 8.22. The number of ether oxygens (including phenoxy) is 1. The maximum Gasteiger partial charge on any atom is 0.518 e. The van der Waals surface area contributed by atoms with E-state index in [-0.39, 0.29) is 11.2 Å². The fraction of sp³-hybridized carbons (Fsp3) is 0.706. The molecule has 2 fully saturated rings. The highest BCUT2D eigenvalue weighted by molar-refractivity contribution is 6.62. The molecule has 0 spiro atoms. The molecular weight excluding hydrogens is 277 g/mol. The third kappa shape index (κ3) is 2.89. The van der Waals surface area contributed by atoms with Crippen LogP contribution >= 0.6 is 0 Å². The summed E-state index contributed by atoms with van der Waals surface area (Å²) >= 11 is 0. The van der Waals surface area contributed by atoms with E-state index in [1.807, 2.05) is 6.20 Å². The summed E-state index contributed by atoms with van der Waals surface area (Å²) in [5.74, 6) is 1.23. The van der Waals surface area contributed by atoms with Gasteiger partial charge in [-0.3, -0.25) is 4.98 Å². The van der Waals surface area contributed by atoms with E-state index >= 15 is 0 Å². The van der Waals surface area contributed by atoms with E-state index in [9.17, 15) is 0 Å². The minimum Gasteiger partial charge on any atom is -0.489 e. The summed E-state index contributed by atoms with van der Waals surface area (Å²) < 4.78 is 18.3. The fourth-order valence-corrected chi connectivity index (χ4v) is 2.38. The highest BCUT2D eigenvalue weighted by Gasteiger charge is 2.53. The maximum absolute atomic E-state index is 6.13. The van der Waals surface area contributed by atoms with Gasteiger partial charge in [-0.15, -0.1) is 0 Å². The first-order valence-electron chi connectivity index (χ1n) is 8.22. The highest BCUT2D eigenvalue weighted by atomic mass is 16.7. The summed E-state index contributed by atoms with van der Waals surface area (Å²) in [6, 6.07) is 2.09. The van der Waals surface area contributed by atoms with Gasteiger partial charge in [0.1, 0.15) is 11.3 Å². The van der Waals surface area contributed by atoms with Crippen molar-refractivity contribution in [1.29, 1.82) is 0 Å². The van der Waals surface area contributed by atoms with Crippen molar-refractivity contribution in [3.05, 3.63) is 17.8 Å². The minimum absolute atomic E-state index is 0.324. The lowest BCUT2D eigenvalue weighted by Gasteiger charge is -2.32. The van der Waals surface area contributed by atoms with E-state index in [0.29, 0.717) is 12.0 Å². The normalized spacial score (nSPS) is 23.1. The van der Waals surface area contributed by atoms with Crippen LogP contribution in [0.5, 0.6) is 5.75 Å². The second kappa shape index (κ2) is 5.24. The molecule has 1 saturated carbocycles. The molecule has 1 aliphatic heterocycles. The van der Waals surface area contributed by atoms with Crippen molar-refractivity contribution >= 4 is 12.7 Å². The van der Waals surface area contributed by atoms with Gasteiger partial charge in [-0.25, -0.2) is 0 Å². The second-order valence-corrected chi connectivity index (χ2v) is 7.71. The largest absolute Gasteiger partial charge is 0.518 e. The van der Waals surface area contributed by atoms with E-state index in [1.165, 1.54) is 5.56 Å². The number of hydrogen-bond donors (Lipinski definition) is 0. The molecule has 2 heterocycles. The van der Waals surface area contributed by atoms with Crippen molar-refractivity contribution in [3.8, 4) is 5.75 Å². The van der Waals surface area contributed by atoms with E-state index in [1.54, 1.807) is 0 Å². The summed E-state index contributed by atoms with van der Waals surface area (Å²) in [5.41, 5.74) is 1.20. The Morgan fingerprint density at radius 1 is 1.18 bits per heavy atom. The average Bonchev–Trinajstić information content (AvgIpc) is 3.17. The molecule has 5 heteroatoms. The van der Waals surface area contributed by atoms with Crippen LogP contribution in [-0.2, 0) is 9.31 Å². The quantitative estimate of drug-likeness (QED) is 0.802. The van der Waals surface area contributed by atoms with Crippen molar-refractivity contribution in [2.45, 2.75) is 77.6 Å². The Kier molecular flexibility index (Phi) is 3.77. The molecule has 0 atom stereocenters. The third-order valence-electron chi connectivity index (χ3n) is 4.86. The summed E-state index contributed by atoms with van der Waals surface area (Å²) in [6.07, 6.45) is 4.47. The van der Waals surface area contributed by atoms with Crippen molar-refractivity contribution in [2.75, 3.05) is 0 Å². The standard InChI is InChI=1S/C17H26BNO3/c1-11(2)12-9-14(20-13-7-8-13)15(19-10-12)18-21-16(3,4)17(5,6)22-18/h9-11,13H,7-8H2,1-6H3. The lowest BCUT2D eigenvalue weighted by molar-refractivity contribution is 0.00578. The first kappa shape index (κ1) is 15.8. The zero-order chi connectivity index (χ0) is 16.1. The Labute approximate surface area is 133 Å². The molecule has 3 rings (SSSR count). The maximum atomic E-state index is 6.13. The van der Waals surface area contributed by atoms with Crippen LogP contribution in [0.15, 0.2) is 12.3 Å². The van der Waals surface area contributed by atoms with Gasteiger partial charge in [0, 0.05) is 6.20 Å². The van der Waals surface area contributed by atoms with Gasteiger partial charge >= 0.3 is 7.12 Å². The van der Waals surface area contributed by atoms with Crippen molar-refractivity contribution < 1.29 is 14.0 Å². The molecule has 0 N–H and O–H groups in total. The summed E-state index contributed by atoms with van der Waals surface area (Å²) in [7, 11) is -0.472. The fourth-order valence-electron chi connectivity index (χ4n) is 2.38. The van der Waals surface area contributed by atoms with Crippen molar-refractivity contribution in [3.63, 3.8) is 0 Å². The molecule has 2 aliphatic rings. The Morgan fingerprint density at radius 2 is 1.77 bits per heavy atom. The number of rotatable bonds is 4. The van der Waals surface area contributed by atoms with Crippen molar-refractivity contribution in [1.82, 2.24) is 4.98 Å². The molecule has 0 aromatic carbocycles. The SMILES string of the molecule is CC(C)c1cnc(B2OC(C)(C)C(C)(C)O2)c(OC2CC2)c1. The molecule has 0 radical (unpaired) electrons. The van der Waals surface area contributed by atoms with Gasteiger partial charge in [-0.2, -0.15) is 0 Å². The zero-order valence-electron chi connectivity index (χ0n) is 14.5. The van der Waals surface area contributed by atoms with E-state index in [4.69, 9.17) is 14.0 Å². The number of aromatic nitrogens is 1. The van der Waals surface area contributed by atoms with Crippen LogP contribution < -0.4 is 10.3 Å². The second-order valence-electron chi connectivity index (χ2n) is 7.71. The monoisotopic (exact) mass is 303 g/mol. The molecule has 1 aromatic rings. The molecule has 1 aliphatic carbocycles. The molecule has 1 aromatic heterocycles. The summed E-state index contributed by atoms with van der Waals surface area (Å²) in [5, 5.41) is 0. The smallest absolute Gasteiger partial charge is 0.489 e. The van der Waals surface area contributed by atoms with Crippen LogP contribution in [-0.4, -0.2) is 29.4 Å². The van der Waals surface area contributed by atoms with Gasteiger partial charge in [0.15, 0.2) is 0 Å². The Balaban J connectivity index is 1.92. The summed E-state index contributed by atoms with van der Waals surface area (Å²) in [4.78, 5) is 4.62. The lowest BCUT2D eigenvalue weighted by Crippen LogP contribution is -2.41. The summed E-state index contributed by atoms with van der Waals surface area (Å²) in [6.45, 7) is 12.5. The Bertz CT molecular complexity index is 551. The van der Waals surface area contributed by atoms with Gasteiger partial charge in [-0.1, -0.05) is 13.8 Å². The van der Waals surface area contributed by atoms with E-state index < -0.39 is 7.12 Å². The van der Waals surface area contributed by atoms with E-state index in [2.05, 4.69) is 52.6 Å². The average molecular weight is 303 g/mol. The number of pyridine rings is 1. The minimum atomic E-state index is -0.472. The highest BCUT2D eigenvalue weighted by Crippen LogP contribution is 2.37. The van der Waals surface area contributed by atoms with Gasteiger partial charge in [-0.05, 0) is 58.1 Å². The van der Waals surface area contributed by atoms with Gasteiger partial charge < -0.3 is 14.0 Å². The molecular formula is C17H26BNO3. The van der Waals surface area contributed by atoms with Crippen molar-refractivity contribution in [2.24, 2.45) is 0 Å². The van der Waals surface area contributed by atoms with Crippen LogP contribution in [0.2, 0.25) is 0 Å². The number of nitrogens with zero attached hydrogens (tertiary/aromatic N) is 1. The molecule has 0 amide bonds. The Morgan fingerprint density at radius 3 is 2.27 bits per heavy atom. The van der Waals surface area contributed by atoms with Crippen LogP contribution in [0.4, 0.5) is 0 Å². The lowest BCUT2D eigenvalue weighted by atomic mass is 9.82. The van der Waals surface area contributed by atoms with Gasteiger partial charge in [0.05, 0.1) is 17.3 Å². The molecule has 22 heavy (non-hydrogen) atoms. The van der Waals surface area contributed by atoms with Crippen LogP contribution in [0.3, 0.4) is 0 Å². The molecule has 0 bridgehead atoms. The third-order valence-corrected chi connectivity index (χ3v) is 4.86. The van der Waals surface area contributed by atoms with Gasteiger partial charge in [0.25, 0.3) is 0 Å². The van der Waals surface area contributed by atoms with Crippen LogP contribution in [0.1, 0.15) is 65.9 Å². The molecule has 4 nitrogen and oxygen atoms in total. The zero-order valence-corrected chi connectivity index (χ0v) is 14.5. The van der Waals surface area contributed by atoms with E-state index in [0.717, 1.165) is 24.2 Å². The molecule has 1 saturated heterocycles. The Hall–Kier alpha value is -1.07. The molecule has 0 unspecified atom stereocenters. The predicted octanol–water partition coefficient (Wildman–Crippen LogP) is 3.05.